The van der Waals surface area contributed by atoms with Gasteiger partial charge < -0.3 is 10.5 Å². The highest BCUT2D eigenvalue weighted by Gasteiger charge is 2.30. The lowest BCUT2D eigenvalue weighted by atomic mass is 10.2. The van der Waals surface area contributed by atoms with Crippen LogP contribution in [0.25, 0.3) is 0 Å². The molecule has 112 valence electrons. The number of thioether (sulfide) groups is 1. The summed E-state index contributed by atoms with van der Waals surface area (Å²) in [4.78, 5) is 1.79. The summed E-state index contributed by atoms with van der Waals surface area (Å²) in [5.74, 6) is 2.10. The van der Waals surface area contributed by atoms with Crippen LogP contribution in [-0.4, -0.2) is 31.6 Å². The summed E-state index contributed by atoms with van der Waals surface area (Å²) in [6.45, 7) is 3.01. The second-order valence-corrected chi connectivity index (χ2v) is 5.80. The van der Waals surface area contributed by atoms with Crippen molar-refractivity contribution in [1.82, 2.24) is 5.27 Å². The zero-order valence-corrected chi connectivity index (χ0v) is 12.6. The van der Waals surface area contributed by atoms with Crippen LogP contribution in [0.5, 0.6) is 0 Å². The smallest absolute Gasteiger partial charge is 0.317 e. The largest absolute Gasteiger partial charge is 0.377 e. The molecule has 1 fully saturated rings. The van der Waals surface area contributed by atoms with Crippen LogP contribution in [0.3, 0.4) is 0 Å². The summed E-state index contributed by atoms with van der Waals surface area (Å²) in [6, 6.07) is 10.4. The third kappa shape index (κ3) is 3.48. The van der Waals surface area contributed by atoms with Crippen molar-refractivity contribution in [3.63, 3.8) is 0 Å². The zero-order valence-electron chi connectivity index (χ0n) is 11.8. The van der Waals surface area contributed by atoms with E-state index >= 15 is 0 Å². The molecule has 6 nitrogen and oxygen atoms in total. The van der Waals surface area contributed by atoms with Crippen LogP contribution in [0.1, 0.15) is 11.3 Å². The van der Waals surface area contributed by atoms with Crippen LogP contribution in [0, 0.1) is 0 Å². The lowest BCUT2D eigenvalue weighted by molar-refractivity contribution is -0.764. The Kier molecular flexibility index (Phi) is 4.62. The minimum absolute atomic E-state index is 0.391. The summed E-state index contributed by atoms with van der Waals surface area (Å²) in [6.07, 6.45) is 0. The monoisotopic (exact) mass is 307 g/mol. The molecule has 0 spiro atoms. The summed E-state index contributed by atoms with van der Waals surface area (Å²) in [5.41, 5.74) is 8.12. The lowest BCUT2D eigenvalue weighted by Gasteiger charge is -2.19. The van der Waals surface area contributed by atoms with Gasteiger partial charge in [-0.15, -0.1) is 16.8 Å². The van der Waals surface area contributed by atoms with Crippen molar-refractivity contribution < 1.29 is 14.1 Å². The average molecular weight is 307 g/mol. The Hall–Kier alpha value is -1.73. The minimum Gasteiger partial charge on any atom is -0.377 e. The number of nitrogens with zero attached hydrogens (tertiary/aromatic N) is 3. The predicted octanol–water partition coefficient (Wildman–Crippen LogP) is 0.946. The Balaban J connectivity index is 1.63. The summed E-state index contributed by atoms with van der Waals surface area (Å²) in [5, 5.41) is 6.14. The van der Waals surface area contributed by atoms with Gasteiger partial charge in [0.05, 0.1) is 36.8 Å². The van der Waals surface area contributed by atoms with Gasteiger partial charge in [-0.05, 0) is 5.56 Å². The predicted molar refractivity (Wildman–Crippen MR) is 81.3 cm³/mol. The molecule has 0 unspecified atom stereocenters. The van der Waals surface area contributed by atoms with Gasteiger partial charge in [-0.3, -0.25) is 4.52 Å². The molecule has 1 aliphatic rings. The van der Waals surface area contributed by atoms with E-state index in [4.69, 9.17) is 15.0 Å². The highest BCUT2D eigenvalue weighted by molar-refractivity contribution is 7.97. The highest BCUT2D eigenvalue weighted by atomic mass is 32.2. The van der Waals surface area contributed by atoms with Gasteiger partial charge in [0.2, 0.25) is 5.27 Å². The molecule has 1 saturated heterocycles. The molecule has 1 aliphatic heterocycles. The molecule has 3 rings (SSSR count). The van der Waals surface area contributed by atoms with Gasteiger partial charge in [-0.1, -0.05) is 30.3 Å². The van der Waals surface area contributed by atoms with Crippen LogP contribution < -0.4 is 15.5 Å². The zero-order chi connectivity index (χ0) is 14.5. The molecule has 0 bridgehead atoms. The fraction of sp³-hybridized carbons (Fsp3) is 0.429. The van der Waals surface area contributed by atoms with Crippen molar-refractivity contribution in [1.29, 1.82) is 0 Å². The number of hydrogen-bond donors (Lipinski definition) is 1. The van der Waals surface area contributed by atoms with Gasteiger partial charge >= 0.3 is 11.6 Å². The first-order chi connectivity index (χ1) is 10.3. The maximum atomic E-state index is 5.91. The van der Waals surface area contributed by atoms with E-state index in [1.165, 1.54) is 5.56 Å². The van der Waals surface area contributed by atoms with Crippen molar-refractivity contribution in [3.05, 3.63) is 41.6 Å². The molecule has 2 aromatic rings. The molecule has 0 amide bonds. The molecule has 2 N–H and O–H groups in total. The quantitative estimate of drug-likeness (QED) is 0.829. The third-order valence-corrected chi connectivity index (χ3v) is 4.36. The molecule has 0 saturated carbocycles. The Morgan fingerprint density at radius 1 is 1.19 bits per heavy atom. The van der Waals surface area contributed by atoms with E-state index in [1.807, 2.05) is 6.07 Å². The van der Waals surface area contributed by atoms with E-state index in [9.17, 15) is 0 Å². The van der Waals surface area contributed by atoms with E-state index in [0.29, 0.717) is 19.1 Å². The van der Waals surface area contributed by atoms with Gasteiger partial charge in [0, 0.05) is 5.75 Å². The number of nitrogen functional groups attached to an aromatic ring is 1. The maximum absolute atomic E-state index is 5.91. The van der Waals surface area contributed by atoms with Gasteiger partial charge in [0.1, 0.15) is 0 Å². The molecule has 1 aromatic heterocycles. The van der Waals surface area contributed by atoms with E-state index in [1.54, 1.807) is 16.6 Å². The molecule has 2 heterocycles. The first-order valence-electron chi connectivity index (χ1n) is 6.95. The maximum Gasteiger partial charge on any atom is 0.317 e. The van der Waals surface area contributed by atoms with Gasteiger partial charge in [0.15, 0.2) is 0 Å². The number of nitrogens with two attached hydrogens (primary N) is 1. The number of ether oxygens (including phenoxy) is 1. The Labute approximate surface area is 127 Å². The highest BCUT2D eigenvalue weighted by Crippen LogP contribution is 2.19. The van der Waals surface area contributed by atoms with E-state index in [2.05, 4.69) is 34.5 Å². The van der Waals surface area contributed by atoms with Gasteiger partial charge in [-0.25, -0.2) is 0 Å². The van der Waals surface area contributed by atoms with Crippen LogP contribution in [-0.2, 0) is 16.2 Å². The molecule has 0 radical (unpaired) electrons. The number of aromatic nitrogens is 2. The second kappa shape index (κ2) is 6.82. The number of hydrogen-bond acceptors (Lipinski definition) is 6. The molecule has 7 heteroatoms. The molecular weight excluding hydrogens is 288 g/mol. The van der Waals surface area contributed by atoms with E-state index in [0.717, 1.165) is 30.3 Å². The number of anilines is 1. The average Bonchev–Trinajstić information content (AvgIpc) is 2.91. The number of benzene rings is 1. The molecular formula is C14H19N4O2S+. The van der Waals surface area contributed by atoms with Crippen molar-refractivity contribution >= 4 is 17.6 Å². The normalized spacial score (nSPS) is 15.3. The fourth-order valence-electron chi connectivity index (χ4n) is 2.22. The Morgan fingerprint density at radius 3 is 2.71 bits per heavy atom. The van der Waals surface area contributed by atoms with Crippen LogP contribution >= 0.6 is 11.8 Å². The van der Waals surface area contributed by atoms with Gasteiger partial charge in [-0.2, -0.15) is 0 Å². The van der Waals surface area contributed by atoms with Crippen LogP contribution in [0.15, 0.2) is 34.9 Å². The Morgan fingerprint density at radius 2 is 1.95 bits per heavy atom. The summed E-state index contributed by atoms with van der Waals surface area (Å²) >= 11 is 1.80. The second-order valence-electron chi connectivity index (χ2n) is 4.82. The fourth-order valence-corrected chi connectivity index (χ4v) is 3.20. The van der Waals surface area contributed by atoms with Crippen molar-refractivity contribution in [2.24, 2.45) is 0 Å². The first kappa shape index (κ1) is 14.2. The van der Waals surface area contributed by atoms with E-state index < -0.39 is 0 Å². The van der Waals surface area contributed by atoms with Crippen LogP contribution in [0.2, 0.25) is 0 Å². The molecule has 1 aromatic carbocycles. The SMILES string of the molecule is Nc1on[n+](N2CCOCC2)c1CSCc1ccccc1. The van der Waals surface area contributed by atoms with Crippen molar-refractivity contribution in [2.45, 2.75) is 11.5 Å². The standard InChI is InChI=1S/C14H19N4O2S/c15-14-13(11-21-10-12-4-2-1-3-5-12)18(16-20-14)17-6-8-19-9-7-17/h1-5H,6-11,15H2/q+1. The first-order valence-corrected chi connectivity index (χ1v) is 8.11. The number of morpholine rings is 1. The lowest BCUT2D eigenvalue weighted by Crippen LogP contribution is -2.64. The van der Waals surface area contributed by atoms with Crippen molar-refractivity contribution in [3.8, 4) is 0 Å². The Bertz CT molecular complexity index is 570. The molecule has 21 heavy (non-hydrogen) atoms. The number of rotatable bonds is 5. The summed E-state index contributed by atoms with van der Waals surface area (Å²) < 4.78 is 10.5. The third-order valence-electron chi connectivity index (χ3n) is 3.35. The molecule has 0 aliphatic carbocycles. The topological polar surface area (TPSA) is 68.4 Å². The minimum atomic E-state index is 0.391. The summed E-state index contributed by atoms with van der Waals surface area (Å²) in [7, 11) is 0. The van der Waals surface area contributed by atoms with E-state index in [-0.39, 0.29) is 0 Å². The van der Waals surface area contributed by atoms with Crippen LogP contribution in [0.4, 0.5) is 5.88 Å². The van der Waals surface area contributed by atoms with Crippen molar-refractivity contribution in [2.75, 3.05) is 37.0 Å². The van der Waals surface area contributed by atoms with Gasteiger partial charge in [0.25, 0.3) is 0 Å². The molecule has 0 atom stereocenters.